The van der Waals surface area contributed by atoms with Crippen molar-refractivity contribution < 1.29 is 9.53 Å². The van der Waals surface area contributed by atoms with E-state index in [9.17, 15) is 4.79 Å². The number of carbonyl (C=O) groups is 1. The van der Waals surface area contributed by atoms with Crippen molar-refractivity contribution in [3.63, 3.8) is 0 Å². The maximum atomic E-state index is 13.4. The lowest BCUT2D eigenvalue weighted by Crippen LogP contribution is -2.28. The number of amidine groups is 1. The normalized spacial score (nSPS) is 16.2. The van der Waals surface area contributed by atoms with Gasteiger partial charge in [0.25, 0.3) is 5.91 Å². The van der Waals surface area contributed by atoms with Gasteiger partial charge in [0, 0.05) is 10.6 Å². The third-order valence-electron chi connectivity index (χ3n) is 4.84. The fourth-order valence-electron chi connectivity index (χ4n) is 3.32. The van der Waals surface area contributed by atoms with Gasteiger partial charge in [0.05, 0.1) is 30.1 Å². The van der Waals surface area contributed by atoms with Crippen LogP contribution in [0.3, 0.4) is 0 Å². The van der Waals surface area contributed by atoms with Gasteiger partial charge < -0.3 is 4.74 Å². The maximum absolute atomic E-state index is 13.4. The number of nitrogens with zero attached hydrogens (tertiary/aromatic N) is 2. The minimum atomic E-state index is -0.121. The molecule has 1 aliphatic heterocycles. The van der Waals surface area contributed by atoms with Crippen molar-refractivity contribution in [1.82, 2.24) is 4.90 Å². The average Bonchev–Trinajstić information content (AvgIpc) is 3.08. The monoisotopic (exact) mass is 482 g/mol. The molecule has 0 atom stereocenters. The Morgan fingerprint density at radius 2 is 1.66 bits per heavy atom. The number of ether oxygens (including phenoxy) is 1. The van der Waals surface area contributed by atoms with Crippen LogP contribution in [0, 0.1) is 0 Å². The third-order valence-corrected chi connectivity index (χ3v) is 6.38. The second-order valence-corrected chi connectivity index (χ2v) is 8.93. The number of amides is 1. The molecule has 4 rings (SSSR count). The number of rotatable bonds is 6. The lowest BCUT2D eigenvalue weighted by atomic mass is 10.1. The topological polar surface area (TPSA) is 41.9 Å². The van der Waals surface area contributed by atoms with Crippen LogP contribution < -0.4 is 4.74 Å². The first-order chi connectivity index (χ1) is 15.5. The highest BCUT2D eigenvalue weighted by Crippen LogP contribution is 2.38. The molecule has 32 heavy (non-hydrogen) atoms. The molecule has 1 aliphatic rings. The molecule has 162 valence electrons. The van der Waals surface area contributed by atoms with Gasteiger partial charge >= 0.3 is 0 Å². The lowest BCUT2D eigenvalue weighted by molar-refractivity contribution is -0.122. The summed E-state index contributed by atoms with van der Waals surface area (Å²) < 4.78 is 5.43. The van der Waals surface area contributed by atoms with Gasteiger partial charge in [0.1, 0.15) is 5.75 Å². The second kappa shape index (κ2) is 10.3. The zero-order valence-electron chi connectivity index (χ0n) is 17.3. The second-order valence-electron chi connectivity index (χ2n) is 7.08. The molecule has 1 amide bonds. The molecule has 0 bridgehead atoms. The van der Waals surface area contributed by atoms with Gasteiger partial charge in [0.15, 0.2) is 5.17 Å². The molecule has 0 spiro atoms. The van der Waals surface area contributed by atoms with Crippen LogP contribution in [0.1, 0.15) is 16.7 Å². The summed E-state index contributed by atoms with van der Waals surface area (Å²) in [5, 5.41) is 1.51. The first-order valence-electron chi connectivity index (χ1n) is 9.92. The Morgan fingerprint density at radius 3 is 2.31 bits per heavy atom. The van der Waals surface area contributed by atoms with Crippen LogP contribution in [0.25, 0.3) is 6.08 Å². The SMILES string of the molecule is COc1c(Cl)cc(Cl)cc1/C=C1/SC(=NCc2ccccc2)N(Cc2ccccc2)C1=O. The van der Waals surface area contributed by atoms with E-state index in [-0.39, 0.29) is 5.91 Å². The number of hydrogen-bond acceptors (Lipinski definition) is 4. The standard InChI is InChI=1S/C25H20Cl2N2O2S/c1-31-23-19(12-20(26)14-21(23)27)13-22-24(30)29(16-18-10-6-3-7-11-18)25(32-22)28-15-17-8-4-2-5-9-17/h2-14H,15-16H2,1H3/b22-13+,28-25?. The molecule has 0 saturated carbocycles. The van der Waals surface area contributed by atoms with Crippen molar-refractivity contribution in [1.29, 1.82) is 0 Å². The van der Waals surface area contributed by atoms with Gasteiger partial charge in [-0.05, 0) is 41.1 Å². The Kier molecular flexibility index (Phi) is 7.20. The molecule has 7 heteroatoms. The van der Waals surface area contributed by atoms with Gasteiger partial charge in [0.2, 0.25) is 0 Å². The Labute approximate surface area is 201 Å². The molecule has 0 N–H and O–H groups in total. The highest BCUT2D eigenvalue weighted by Gasteiger charge is 2.33. The molecule has 0 aliphatic carbocycles. The Hall–Kier alpha value is -2.73. The average molecular weight is 483 g/mol. The van der Waals surface area contributed by atoms with Gasteiger partial charge in [-0.2, -0.15) is 0 Å². The first-order valence-corrected chi connectivity index (χ1v) is 11.5. The van der Waals surface area contributed by atoms with Gasteiger partial charge in [-0.1, -0.05) is 83.9 Å². The lowest BCUT2D eigenvalue weighted by Gasteiger charge is -2.15. The summed E-state index contributed by atoms with van der Waals surface area (Å²) in [5.74, 6) is 0.352. The number of aliphatic imine (C=N–C) groups is 1. The predicted octanol–water partition coefficient (Wildman–Crippen LogP) is 6.67. The van der Waals surface area contributed by atoms with E-state index in [2.05, 4.69) is 0 Å². The van der Waals surface area contributed by atoms with Crippen LogP contribution >= 0.6 is 35.0 Å². The zero-order valence-corrected chi connectivity index (χ0v) is 19.6. The number of thioether (sulfide) groups is 1. The summed E-state index contributed by atoms with van der Waals surface area (Å²) in [5.41, 5.74) is 2.75. The van der Waals surface area contributed by atoms with Crippen LogP contribution in [0.5, 0.6) is 5.75 Å². The van der Waals surface area contributed by atoms with Gasteiger partial charge in [-0.3, -0.25) is 14.7 Å². The van der Waals surface area contributed by atoms with Crippen molar-refractivity contribution in [2.24, 2.45) is 4.99 Å². The van der Waals surface area contributed by atoms with E-state index in [0.717, 1.165) is 11.1 Å². The molecule has 0 radical (unpaired) electrons. The van der Waals surface area contributed by atoms with Gasteiger partial charge in [-0.15, -0.1) is 0 Å². The Bertz CT molecular complexity index is 1180. The highest BCUT2D eigenvalue weighted by molar-refractivity contribution is 8.18. The number of halogens is 2. The number of methoxy groups -OCH3 is 1. The summed E-state index contributed by atoms with van der Waals surface area (Å²) in [6.45, 7) is 0.923. The van der Waals surface area contributed by atoms with E-state index in [1.54, 1.807) is 23.1 Å². The van der Waals surface area contributed by atoms with Crippen molar-refractivity contribution in [3.8, 4) is 5.75 Å². The van der Waals surface area contributed by atoms with Crippen molar-refractivity contribution >= 4 is 52.1 Å². The molecule has 3 aromatic rings. The van der Waals surface area contributed by atoms with Crippen LogP contribution in [-0.2, 0) is 17.9 Å². The van der Waals surface area contributed by atoms with Crippen molar-refractivity contribution in [3.05, 3.63) is 104 Å². The van der Waals surface area contributed by atoms with E-state index in [4.69, 9.17) is 32.9 Å². The summed E-state index contributed by atoms with van der Waals surface area (Å²) in [4.78, 5) is 20.3. The van der Waals surface area contributed by atoms with E-state index >= 15 is 0 Å². The Morgan fingerprint density at radius 1 is 1.00 bits per heavy atom. The molecule has 0 aromatic heterocycles. The summed E-state index contributed by atoms with van der Waals surface area (Å²) in [6, 6.07) is 23.2. The smallest absolute Gasteiger partial charge is 0.267 e. The molecule has 1 fully saturated rings. The minimum Gasteiger partial charge on any atom is -0.495 e. The quantitative estimate of drug-likeness (QED) is 0.368. The molecule has 4 nitrogen and oxygen atoms in total. The molecular weight excluding hydrogens is 463 g/mol. The van der Waals surface area contributed by atoms with Crippen molar-refractivity contribution in [2.45, 2.75) is 13.1 Å². The van der Waals surface area contributed by atoms with E-state index in [1.807, 2.05) is 60.7 Å². The Balaban J connectivity index is 1.69. The van der Waals surface area contributed by atoms with Crippen LogP contribution in [-0.4, -0.2) is 23.1 Å². The minimum absolute atomic E-state index is 0.121. The number of hydrogen-bond donors (Lipinski definition) is 0. The van der Waals surface area contributed by atoms with Crippen molar-refractivity contribution in [2.75, 3.05) is 7.11 Å². The molecule has 0 unspecified atom stereocenters. The largest absolute Gasteiger partial charge is 0.495 e. The van der Waals surface area contributed by atoms with E-state index in [1.165, 1.54) is 18.9 Å². The third kappa shape index (κ3) is 5.18. The number of carbonyl (C=O) groups excluding carboxylic acids is 1. The van der Waals surface area contributed by atoms with Crippen LogP contribution in [0.4, 0.5) is 0 Å². The summed E-state index contributed by atoms with van der Waals surface area (Å²) in [7, 11) is 1.54. The predicted molar refractivity (Wildman–Crippen MR) is 133 cm³/mol. The van der Waals surface area contributed by atoms with E-state index < -0.39 is 0 Å². The summed E-state index contributed by atoms with van der Waals surface area (Å²) in [6.07, 6.45) is 1.76. The fourth-order valence-corrected chi connectivity index (χ4v) is 4.87. The maximum Gasteiger partial charge on any atom is 0.267 e. The van der Waals surface area contributed by atoms with E-state index in [0.29, 0.717) is 44.5 Å². The van der Waals surface area contributed by atoms with Crippen LogP contribution in [0.2, 0.25) is 10.0 Å². The molecule has 1 saturated heterocycles. The summed E-state index contributed by atoms with van der Waals surface area (Å²) >= 11 is 13.8. The van der Waals surface area contributed by atoms with Crippen LogP contribution in [0.15, 0.2) is 82.7 Å². The fraction of sp³-hybridized carbons (Fsp3) is 0.120. The molecule has 1 heterocycles. The van der Waals surface area contributed by atoms with Gasteiger partial charge in [-0.25, -0.2) is 0 Å². The first kappa shape index (κ1) is 22.5. The molecule has 3 aromatic carbocycles. The zero-order chi connectivity index (χ0) is 22.5. The molecular formula is C25H20Cl2N2O2S. The number of benzene rings is 3. The highest BCUT2D eigenvalue weighted by atomic mass is 35.5.